The molecule has 9 N–H and O–H groups in total. The zero-order chi connectivity index (χ0) is 18.3. The molecule has 0 aromatic carbocycles. The van der Waals surface area contributed by atoms with Crippen LogP contribution in [-0.4, -0.2) is 69.3 Å². The van der Waals surface area contributed by atoms with Crippen molar-refractivity contribution in [2.45, 2.75) is 50.6 Å². The molecule has 0 saturated heterocycles. The summed E-state index contributed by atoms with van der Waals surface area (Å²) in [6.45, 7) is 2.44. The van der Waals surface area contributed by atoms with E-state index in [0.29, 0.717) is 0 Å². The smallest absolute Gasteiger partial charge is 0.326 e. The Balaban J connectivity index is 5.01. The number of amides is 3. The van der Waals surface area contributed by atoms with Crippen LogP contribution < -0.4 is 22.1 Å². The van der Waals surface area contributed by atoms with Gasteiger partial charge < -0.3 is 37.4 Å². The molecule has 0 unspecified atom stereocenters. The van der Waals surface area contributed by atoms with Crippen molar-refractivity contribution < 1.29 is 34.5 Å². The highest BCUT2D eigenvalue weighted by Crippen LogP contribution is 1.99. The van der Waals surface area contributed by atoms with E-state index in [0.717, 1.165) is 0 Å². The quantitative estimate of drug-likeness (QED) is 0.221. The van der Waals surface area contributed by atoms with Gasteiger partial charge in [-0.05, 0) is 13.8 Å². The Morgan fingerprint density at radius 1 is 1.00 bits per heavy atom. The maximum Gasteiger partial charge on any atom is 0.326 e. The number of nitrogens with one attached hydrogen (secondary N) is 2. The van der Waals surface area contributed by atoms with Gasteiger partial charge in [0.2, 0.25) is 17.7 Å². The Labute approximate surface area is 132 Å². The summed E-state index contributed by atoms with van der Waals surface area (Å²) in [5.41, 5.74) is 10.3. The molecule has 132 valence electrons. The number of aliphatic carboxylic acids is 1. The molecule has 0 aliphatic rings. The molecule has 0 aliphatic heterocycles. The van der Waals surface area contributed by atoms with Crippen LogP contribution in [0.25, 0.3) is 0 Å². The van der Waals surface area contributed by atoms with Crippen molar-refractivity contribution in [1.82, 2.24) is 10.6 Å². The molecule has 0 aliphatic carbocycles. The van der Waals surface area contributed by atoms with Gasteiger partial charge in [-0.15, -0.1) is 0 Å². The fourth-order valence-electron chi connectivity index (χ4n) is 1.54. The lowest BCUT2D eigenvalue weighted by Gasteiger charge is -2.25. The van der Waals surface area contributed by atoms with Crippen molar-refractivity contribution in [3.05, 3.63) is 0 Å². The average Bonchev–Trinajstić information content (AvgIpc) is 2.41. The second-order valence-electron chi connectivity index (χ2n) is 5.06. The first kappa shape index (κ1) is 20.8. The van der Waals surface area contributed by atoms with Crippen LogP contribution in [-0.2, 0) is 19.2 Å². The van der Waals surface area contributed by atoms with Crippen molar-refractivity contribution in [3.63, 3.8) is 0 Å². The Morgan fingerprint density at radius 2 is 1.52 bits per heavy atom. The number of hydrogen-bond donors (Lipinski definition) is 7. The number of carbonyl (C=O) groups excluding carboxylic acids is 3. The van der Waals surface area contributed by atoms with Crippen molar-refractivity contribution in [2.24, 2.45) is 11.5 Å². The number of hydrogen-bond acceptors (Lipinski definition) is 7. The Bertz CT molecular complexity index is 466. The maximum atomic E-state index is 12.0. The average molecular weight is 334 g/mol. The lowest BCUT2D eigenvalue weighted by atomic mass is 10.1. The highest BCUT2D eigenvalue weighted by Gasteiger charge is 2.32. The molecule has 0 fully saturated rings. The van der Waals surface area contributed by atoms with E-state index in [-0.39, 0.29) is 0 Å². The van der Waals surface area contributed by atoms with Gasteiger partial charge in [0.05, 0.1) is 18.6 Å². The number of carbonyl (C=O) groups is 4. The first-order valence-corrected chi connectivity index (χ1v) is 6.71. The summed E-state index contributed by atoms with van der Waals surface area (Å²) in [5, 5.41) is 31.8. The number of aliphatic hydroxyl groups excluding tert-OH is 2. The Morgan fingerprint density at radius 3 is 1.87 bits per heavy atom. The molecule has 11 heteroatoms. The highest BCUT2D eigenvalue weighted by atomic mass is 16.4. The molecule has 3 amide bonds. The van der Waals surface area contributed by atoms with Crippen molar-refractivity contribution in [3.8, 4) is 0 Å². The number of aliphatic hydroxyl groups is 2. The summed E-state index contributed by atoms with van der Waals surface area (Å²) in [7, 11) is 0. The zero-order valence-electron chi connectivity index (χ0n) is 12.7. The normalized spacial score (nSPS) is 17.3. The molecule has 0 heterocycles. The lowest BCUT2D eigenvalue weighted by Crippen LogP contribution is -2.59. The van der Waals surface area contributed by atoms with Crippen LogP contribution >= 0.6 is 0 Å². The maximum absolute atomic E-state index is 12.0. The molecular weight excluding hydrogens is 312 g/mol. The predicted molar refractivity (Wildman–Crippen MR) is 76.6 cm³/mol. The number of carboxylic acids is 1. The fraction of sp³-hybridized carbons (Fsp3) is 0.667. The van der Waals surface area contributed by atoms with Gasteiger partial charge in [0.25, 0.3) is 0 Å². The molecule has 0 radical (unpaired) electrons. The first-order valence-electron chi connectivity index (χ1n) is 6.71. The third-order valence-electron chi connectivity index (χ3n) is 2.90. The monoisotopic (exact) mass is 334 g/mol. The molecule has 5 atom stereocenters. The molecule has 0 aromatic rings. The standard InChI is InChI=1S/C12H22N4O7/c1-4(17)8(14)10(20)16-9(5(2)18)11(21)15-6(12(22)23)3-7(13)19/h4-6,8-9,17-18H,3,14H2,1-2H3,(H2,13,19)(H,15,21)(H,16,20)(H,22,23)/t4-,5-,6+,8+,9+/m1/s1. The highest BCUT2D eigenvalue weighted by molar-refractivity contribution is 5.93. The summed E-state index contributed by atoms with van der Waals surface area (Å²) in [6.07, 6.45) is -3.24. The predicted octanol–water partition coefficient (Wildman–Crippen LogP) is -4.00. The van der Waals surface area contributed by atoms with Gasteiger partial charge in [-0.3, -0.25) is 14.4 Å². The largest absolute Gasteiger partial charge is 0.480 e. The van der Waals surface area contributed by atoms with Crippen molar-refractivity contribution in [2.75, 3.05) is 0 Å². The Kier molecular flexibility index (Phi) is 8.15. The molecule has 11 nitrogen and oxygen atoms in total. The Hall–Kier alpha value is -2.24. The van der Waals surface area contributed by atoms with Crippen LogP contribution in [0, 0.1) is 0 Å². The fourth-order valence-corrected chi connectivity index (χ4v) is 1.54. The van der Waals surface area contributed by atoms with Crippen LogP contribution in [0.5, 0.6) is 0 Å². The minimum atomic E-state index is -1.61. The van der Waals surface area contributed by atoms with E-state index in [9.17, 15) is 29.4 Å². The van der Waals surface area contributed by atoms with E-state index >= 15 is 0 Å². The third-order valence-corrected chi connectivity index (χ3v) is 2.90. The van der Waals surface area contributed by atoms with Crippen LogP contribution in [0.2, 0.25) is 0 Å². The second kappa shape index (κ2) is 9.02. The van der Waals surface area contributed by atoms with Gasteiger partial charge in [0, 0.05) is 0 Å². The third kappa shape index (κ3) is 7.04. The van der Waals surface area contributed by atoms with Gasteiger partial charge in [0.1, 0.15) is 18.1 Å². The number of rotatable bonds is 9. The van der Waals surface area contributed by atoms with E-state index < -0.39 is 60.4 Å². The lowest BCUT2D eigenvalue weighted by molar-refractivity contribution is -0.144. The molecule has 23 heavy (non-hydrogen) atoms. The minimum Gasteiger partial charge on any atom is -0.480 e. The van der Waals surface area contributed by atoms with Crippen LogP contribution in [0.15, 0.2) is 0 Å². The minimum absolute atomic E-state index is 0.658. The van der Waals surface area contributed by atoms with Crippen molar-refractivity contribution >= 4 is 23.7 Å². The van der Waals surface area contributed by atoms with Crippen molar-refractivity contribution in [1.29, 1.82) is 0 Å². The molecular formula is C12H22N4O7. The van der Waals surface area contributed by atoms with Gasteiger partial charge >= 0.3 is 5.97 Å². The summed E-state index contributed by atoms with van der Waals surface area (Å²) in [5.74, 6) is -4.41. The number of primary amides is 1. The number of nitrogens with two attached hydrogens (primary N) is 2. The summed E-state index contributed by atoms with van der Waals surface area (Å²) in [6, 6.07) is -4.48. The second-order valence-corrected chi connectivity index (χ2v) is 5.06. The SMILES string of the molecule is C[C@@H](O)[C@H](N)C(=O)N[C@H](C(=O)N[C@@H](CC(N)=O)C(=O)O)[C@@H](C)O. The first-order chi connectivity index (χ1) is 10.5. The van der Waals surface area contributed by atoms with E-state index in [1.807, 2.05) is 5.32 Å². The summed E-state index contributed by atoms with van der Waals surface area (Å²) < 4.78 is 0. The zero-order valence-corrected chi connectivity index (χ0v) is 12.7. The van der Waals surface area contributed by atoms with Gasteiger partial charge in [-0.25, -0.2) is 4.79 Å². The molecule has 0 aromatic heterocycles. The molecule has 0 spiro atoms. The van der Waals surface area contributed by atoms with Gasteiger partial charge in [0.15, 0.2) is 0 Å². The van der Waals surface area contributed by atoms with E-state index in [1.54, 1.807) is 0 Å². The number of carboxylic acid groups (broad SMARTS) is 1. The molecule has 0 bridgehead atoms. The topological polar surface area (TPSA) is 205 Å². The van der Waals surface area contributed by atoms with Crippen LogP contribution in [0.3, 0.4) is 0 Å². The van der Waals surface area contributed by atoms with Gasteiger partial charge in [-0.2, -0.15) is 0 Å². The van der Waals surface area contributed by atoms with Crippen LogP contribution in [0.4, 0.5) is 0 Å². The van der Waals surface area contributed by atoms with E-state index in [4.69, 9.17) is 16.6 Å². The molecule has 0 saturated carbocycles. The van der Waals surface area contributed by atoms with E-state index in [1.165, 1.54) is 13.8 Å². The van der Waals surface area contributed by atoms with E-state index in [2.05, 4.69) is 5.32 Å². The van der Waals surface area contributed by atoms with Crippen LogP contribution in [0.1, 0.15) is 20.3 Å². The summed E-state index contributed by atoms with van der Waals surface area (Å²) in [4.78, 5) is 45.5. The van der Waals surface area contributed by atoms with Gasteiger partial charge in [-0.1, -0.05) is 0 Å². The molecule has 0 rings (SSSR count). The summed E-state index contributed by atoms with van der Waals surface area (Å²) >= 11 is 0.